The van der Waals surface area contributed by atoms with E-state index < -0.39 is 0 Å². The van der Waals surface area contributed by atoms with E-state index in [-0.39, 0.29) is 0 Å². The first-order valence-electron chi connectivity index (χ1n) is 12.9. The molecule has 2 fully saturated rings. The van der Waals surface area contributed by atoms with Gasteiger partial charge in [-0.1, -0.05) is 76.8 Å². The first kappa shape index (κ1) is 23.3. The first-order valence-corrected chi connectivity index (χ1v) is 12.9. The Labute approximate surface area is 185 Å². The molecule has 0 saturated heterocycles. The molecule has 2 heteroatoms. The van der Waals surface area contributed by atoms with Crippen LogP contribution in [0, 0.1) is 23.2 Å². The fourth-order valence-corrected chi connectivity index (χ4v) is 5.68. The second kappa shape index (κ2) is 13.2. The fourth-order valence-electron chi connectivity index (χ4n) is 5.68. The Hall–Kier alpha value is -1.33. The van der Waals surface area contributed by atoms with E-state index in [1.54, 1.807) is 0 Å². The van der Waals surface area contributed by atoms with Gasteiger partial charge >= 0.3 is 0 Å². The van der Waals surface area contributed by atoms with E-state index in [0.29, 0.717) is 12.0 Å². The summed E-state index contributed by atoms with van der Waals surface area (Å²) < 4.78 is 6.25. The van der Waals surface area contributed by atoms with Gasteiger partial charge in [-0.15, -0.1) is 0 Å². The Bertz CT molecular complexity index is 615. The normalized spacial score (nSPS) is 26.9. The number of ether oxygens (including phenoxy) is 1. The summed E-state index contributed by atoms with van der Waals surface area (Å²) in [5.41, 5.74) is 2.16. The highest BCUT2D eigenvalue weighted by atomic mass is 16.5. The largest absolute Gasteiger partial charge is 0.378 e. The highest BCUT2D eigenvalue weighted by molar-refractivity contribution is 5.33. The predicted octanol–water partition coefficient (Wildman–Crippen LogP) is 8.16. The van der Waals surface area contributed by atoms with Crippen molar-refractivity contribution in [3.8, 4) is 6.07 Å². The predicted molar refractivity (Wildman–Crippen MR) is 126 cm³/mol. The lowest BCUT2D eigenvalue weighted by atomic mass is 9.78. The van der Waals surface area contributed by atoms with Crippen LogP contribution in [0.4, 0.5) is 0 Å². The lowest BCUT2D eigenvalue weighted by Crippen LogP contribution is -2.21. The average Bonchev–Trinajstić information content (AvgIpc) is 2.81. The van der Waals surface area contributed by atoms with Crippen LogP contribution in [0.1, 0.15) is 120 Å². The van der Waals surface area contributed by atoms with Crippen LogP contribution in [0.5, 0.6) is 0 Å². The van der Waals surface area contributed by atoms with Gasteiger partial charge in [0.25, 0.3) is 0 Å². The smallest absolute Gasteiger partial charge is 0.0991 e. The number of nitriles is 1. The van der Waals surface area contributed by atoms with Gasteiger partial charge in [0, 0.05) is 6.61 Å². The Morgan fingerprint density at radius 2 is 1.43 bits per heavy atom. The molecule has 0 heterocycles. The molecule has 0 amide bonds. The lowest BCUT2D eigenvalue weighted by molar-refractivity contribution is 0.0204. The molecule has 3 rings (SSSR count). The molecule has 0 bridgehead atoms. The molecule has 0 aliphatic heterocycles. The van der Waals surface area contributed by atoms with Gasteiger partial charge in [0.2, 0.25) is 0 Å². The summed E-state index contributed by atoms with van der Waals surface area (Å²) in [6, 6.07) is 10.4. The molecular weight excluding hydrogens is 366 g/mol. The first-order chi connectivity index (χ1) is 14.8. The molecule has 0 unspecified atom stereocenters. The maximum Gasteiger partial charge on any atom is 0.0991 e. The van der Waals surface area contributed by atoms with Crippen molar-refractivity contribution >= 4 is 0 Å². The van der Waals surface area contributed by atoms with E-state index in [0.717, 1.165) is 24.0 Å². The van der Waals surface area contributed by atoms with E-state index in [2.05, 4.69) is 25.1 Å². The summed E-state index contributed by atoms with van der Waals surface area (Å²) in [6.07, 6.45) is 21.0. The standard InChI is InChI=1S/C28H43NO/c1-2-3-4-5-7-23-9-11-24(12-10-23)8-6-21-30-28-19-17-27(18-20-28)26-15-13-25(22-29)14-16-26/h13-16,23-24,27-28H,2-12,17-21H2,1H3. The molecule has 1 aromatic carbocycles. The van der Waals surface area contributed by atoms with Gasteiger partial charge in [0.15, 0.2) is 0 Å². The Balaban J connectivity index is 1.22. The van der Waals surface area contributed by atoms with Gasteiger partial charge in [-0.05, 0) is 74.0 Å². The van der Waals surface area contributed by atoms with E-state index >= 15 is 0 Å². The zero-order valence-corrected chi connectivity index (χ0v) is 19.3. The van der Waals surface area contributed by atoms with Gasteiger partial charge in [0.05, 0.1) is 17.7 Å². The third-order valence-electron chi connectivity index (χ3n) is 7.73. The highest BCUT2D eigenvalue weighted by Crippen LogP contribution is 2.36. The summed E-state index contributed by atoms with van der Waals surface area (Å²) in [4.78, 5) is 0. The van der Waals surface area contributed by atoms with Gasteiger partial charge in [-0.3, -0.25) is 0 Å². The Morgan fingerprint density at radius 1 is 0.800 bits per heavy atom. The van der Waals surface area contributed by atoms with Crippen molar-refractivity contribution in [1.82, 2.24) is 0 Å². The summed E-state index contributed by atoms with van der Waals surface area (Å²) in [5.74, 6) is 2.64. The summed E-state index contributed by atoms with van der Waals surface area (Å²) >= 11 is 0. The van der Waals surface area contributed by atoms with Crippen LogP contribution in [0.3, 0.4) is 0 Å². The van der Waals surface area contributed by atoms with Crippen LogP contribution in [-0.2, 0) is 4.74 Å². The third-order valence-corrected chi connectivity index (χ3v) is 7.73. The molecular formula is C28H43NO. The van der Waals surface area contributed by atoms with Gasteiger partial charge in [0.1, 0.15) is 0 Å². The molecule has 2 saturated carbocycles. The second-order valence-electron chi connectivity index (χ2n) is 9.96. The van der Waals surface area contributed by atoms with Gasteiger partial charge in [-0.2, -0.15) is 5.26 Å². The number of nitrogens with zero attached hydrogens (tertiary/aromatic N) is 1. The van der Waals surface area contributed by atoms with Crippen molar-refractivity contribution in [2.75, 3.05) is 6.61 Å². The van der Waals surface area contributed by atoms with Crippen LogP contribution in [0.15, 0.2) is 24.3 Å². The molecule has 30 heavy (non-hydrogen) atoms. The summed E-state index contributed by atoms with van der Waals surface area (Å²) in [5, 5.41) is 8.95. The minimum Gasteiger partial charge on any atom is -0.378 e. The quantitative estimate of drug-likeness (QED) is 0.345. The molecule has 1 aromatic rings. The molecule has 0 radical (unpaired) electrons. The van der Waals surface area contributed by atoms with Crippen LogP contribution < -0.4 is 0 Å². The van der Waals surface area contributed by atoms with Crippen LogP contribution in [-0.4, -0.2) is 12.7 Å². The lowest BCUT2D eigenvalue weighted by Gasteiger charge is -2.30. The monoisotopic (exact) mass is 409 g/mol. The highest BCUT2D eigenvalue weighted by Gasteiger charge is 2.23. The van der Waals surface area contributed by atoms with E-state index in [1.165, 1.54) is 102 Å². The number of rotatable bonds is 11. The maximum absolute atomic E-state index is 8.95. The van der Waals surface area contributed by atoms with Crippen molar-refractivity contribution in [1.29, 1.82) is 5.26 Å². The number of unbranched alkanes of at least 4 members (excludes halogenated alkanes) is 3. The SMILES string of the molecule is CCCCCCC1CCC(CCCOC2CCC(c3ccc(C#N)cc3)CC2)CC1. The second-order valence-corrected chi connectivity index (χ2v) is 9.96. The van der Waals surface area contributed by atoms with Gasteiger partial charge in [-0.25, -0.2) is 0 Å². The topological polar surface area (TPSA) is 33.0 Å². The van der Waals surface area contributed by atoms with E-state index in [1.807, 2.05) is 12.1 Å². The molecule has 166 valence electrons. The van der Waals surface area contributed by atoms with Crippen molar-refractivity contribution < 1.29 is 4.74 Å². The average molecular weight is 410 g/mol. The van der Waals surface area contributed by atoms with Gasteiger partial charge < -0.3 is 4.74 Å². The van der Waals surface area contributed by atoms with Crippen molar-refractivity contribution in [2.45, 2.75) is 115 Å². The molecule has 0 atom stereocenters. The molecule has 2 aliphatic carbocycles. The molecule has 0 spiro atoms. The minimum atomic E-state index is 0.471. The summed E-state index contributed by atoms with van der Waals surface area (Å²) in [7, 11) is 0. The van der Waals surface area contributed by atoms with Crippen molar-refractivity contribution in [2.24, 2.45) is 11.8 Å². The third kappa shape index (κ3) is 7.73. The molecule has 2 aliphatic rings. The fraction of sp³-hybridized carbons (Fsp3) is 0.750. The summed E-state index contributed by atoms with van der Waals surface area (Å²) in [6.45, 7) is 3.26. The Kier molecular flexibility index (Phi) is 10.2. The molecule has 0 N–H and O–H groups in total. The maximum atomic E-state index is 8.95. The number of hydrogen-bond acceptors (Lipinski definition) is 2. The number of benzene rings is 1. The molecule has 2 nitrogen and oxygen atoms in total. The van der Waals surface area contributed by atoms with Crippen LogP contribution in [0.25, 0.3) is 0 Å². The van der Waals surface area contributed by atoms with Crippen molar-refractivity contribution in [3.05, 3.63) is 35.4 Å². The zero-order valence-electron chi connectivity index (χ0n) is 19.3. The molecule has 0 aromatic heterocycles. The Morgan fingerprint density at radius 3 is 2.03 bits per heavy atom. The van der Waals surface area contributed by atoms with Crippen LogP contribution >= 0.6 is 0 Å². The number of hydrogen-bond donors (Lipinski definition) is 0. The van der Waals surface area contributed by atoms with E-state index in [9.17, 15) is 0 Å². The van der Waals surface area contributed by atoms with Crippen LogP contribution in [0.2, 0.25) is 0 Å². The minimum absolute atomic E-state index is 0.471. The zero-order chi connectivity index (χ0) is 21.0. The van der Waals surface area contributed by atoms with Crippen molar-refractivity contribution in [3.63, 3.8) is 0 Å². The van der Waals surface area contributed by atoms with E-state index in [4.69, 9.17) is 10.00 Å².